The maximum atomic E-state index is 13.5. The Kier molecular flexibility index (Phi) is 6.30. The summed E-state index contributed by atoms with van der Waals surface area (Å²) in [6, 6.07) is 6.23. The molecule has 2 N–H and O–H groups in total. The third kappa shape index (κ3) is 4.50. The SMILES string of the molecule is C[C@H](C(=O)NCc1ccccc1F)N1CCN(CCO)CC1. The zero-order valence-electron chi connectivity index (χ0n) is 13.0. The molecule has 0 radical (unpaired) electrons. The molecule has 1 atom stereocenters. The molecule has 0 spiro atoms. The first-order chi connectivity index (χ1) is 10.6. The van der Waals surface area contributed by atoms with Crippen LogP contribution in [0.4, 0.5) is 4.39 Å². The number of nitrogens with one attached hydrogen (secondary N) is 1. The van der Waals surface area contributed by atoms with Crippen molar-refractivity contribution in [3.8, 4) is 0 Å². The number of benzene rings is 1. The van der Waals surface area contributed by atoms with Gasteiger partial charge in [0.2, 0.25) is 5.91 Å². The van der Waals surface area contributed by atoms with Crippen LogP contribution in [0.1, 0.15) is 12.5 Å². The number of hydrogen-bond acceptors (Lipinski definition) is 4. The van der Waals surface area contributed by atoms with E-state index in [2.05, 4.69) is 15.1 Å². The van der Waals surface area contributed by atoms with Crippen molar-refractivity contribution in [1.82, 2.24) is 15.1 Å². The minimum absolute atomic E-state index is 0.0844. The summed E-state index contributed by atoms with van der Waals surface area (Å²) in [5, 5.41) is 11.7. The van der Waals surface area contributed by atoms with E-state index in [1.54, 1.807) is 18.2 Å². The van der Waals surface area contributed by atoms with Gasteiger partial charge in [-0.15, -0.1) is 0 Å². The maximum absolute atomic E-state index is 13.5. The van der Waals surface area contributed by atoms with E-state index >= 15 is 0 Å². The lowest BCUT2D eigenvalue weighted by molar-refractivity contribution is -0.126. The molecule has 1 aliphatic rings. The predicted molar refractivity (Wildman–Crippen MR) is 82.8 cm³/mol. The Morgan fingerprint density at radius 3 is 2.64 bits per heavy atom. The van der Waals surface area contributed by atoms with Crippen LogP contribution in [0, 0.1) is 5.82 Å². The molecule has 1 saturated heterocycles. The Labute approximate surface area is 130 Å². The summed E-state index contributed by atoms with van der Waals surface area (Å²) in [6.07, 6.45) is 0. The Bertz CT molecular complexity index is 490. The number of aliphatic hydroxyl groups excluding tert-OH is 1. The number of piperazine rings is 1. The Morgan fingerprint density at radius 2 is 2.00 bits per heavy atom. The van der Waals surface area contributed by atoms with Gasteiger partial charge < -0.3 is 10.4 Å². The second-order valence-corrected chi connectivity index (χ2v) is 5.59. The van der Waals surface area contributed by atoms with Gasteiger partial charge in [0, 0.05) is 44.8 Å². The van der Waals surface area contributed by atoms with Crippen molar-refractivity contribution in [2.45, 2.75) is 19.5 Å². The van der Waals surface area contributed by atoms with Gasteiger partial charge in [-0.25, -0.2) is 4.39 Å². The lowest BCUT2D eigenvalue weighted by Gasteiger charge is -2.37. The van der Waals surface area contributed by atoms with Crippen molar-refractivity contribution in [3.05, 3.63) is 35.6 Å². The molecular weight excluding hydrogens is 285 g/mol. The van der Waals surface area contributed by atoms with E-state index in [0.29, 0.717) is 12.1 Å². The van der Waals surface area contributed by atoms with E-state index in [9.17, 15) is 9.18 Å². The van der Waals surface area contributed by atoms with E-state index < -0.39 is 0 Å². The first kappa shape index (κ1) is 16.9. The summed E-state index contributed by atoms with van der Waals surface area (Å²) < 4.78 is 13.5. The van der Waals surface area contributed by atoms with Gasteiger partial charge in [-0.1, -0.05) is 18.2 Å². The van der Waals surface area contributed by atoms with Crippen molar-refractivity contribution in [1.29, 1.82) is 0 Å². The highest BCUT2D eigenvalue weighted by Gasteiger charge is 2.25. The Balaban J connectivity index is 1.79. The van der Waals surface area contributed by atoms with E-state index in [4.69, 9.17) is 5.11 Å². The summed E-state index contributed by atoms with van der Waals surface area (Å²) in [4.78, 5) is 16.5. The number of rotatable bonds is 6. The van der Waals surface area contributed by atoms with Crippen molar-refractivity contribution in [2.24, 2.45) is 0 Å². The van der Waals surface area contributed by atoms with Crippen molar-refractivity contribution < 1.29 is 14.3 Å². The quantitative estimate of drug-likeness (QED) is 0.801. The minimum Gasteiger partial charge on any atom is -0.395 e. The molecule has 122 valence electrons. The Morgan fingerprint density at radius 1 is 1.32 bits per heavy atom. The van der Waals surface area contributed by atoms with Crippen LogP contribution < -0.4 is 5.32 Å². The monoisotopic (exact) mass is 309 g/mol. The van der Waals surface area contributed by atoms with E-state index in [-0.39, 0.29) is 30.9 Å². The van der Waals surface area contributed by atoms with Crippen molar-refractivity contribution in [2.75, 3.05) is 39.3 Å². The molecule has 1 amide bonds. The molecule has 6 heteroatoms. The third-order valence-electron chi connectivity index (χ3n) is 4.16. The molecule has 0 saturated carbocycles. The number of halogens is 1. The highest BCUT2D eigenvalue weighted by molar-refractivity contribution is 5.81. The summed E-state index contributed by atoms with van der Waals surface area (Å²) >= 11 is 0. The van der Waals surface area contributed by atoms with Gasteiger partial charge in [-0.05, 0) is 13.0 Å². The maximum Gasteiger partial charge on any atom is 0.237 e. The van der Waals surface area contributed by atoms with Gasteiger partial charge in [-0.2, -0.15) is 0 Å². The number of carbonyl (C=O) groups is 1. The largest absolute Gasteiger partial charge is 0.395 e. The fourth-order valence-electron chi connectivity index (χ4n) is 2.65. The number of β-amino-alcohol motifs (C(OH)–C–C–N with tert-alkyl or cyclic N) is 1. The number of aliphatic hydroxyl groups is 1. The predicted octanol–water partition coefficient (Wildman–Crippen LogP) is 0.440. The third-order valence-corrected chi connectivity index (χ3v) is 4.16. The number of nitrogens with zero attached hydrogens (tertiary/aromatic N) is 2. The van der Waals surface area contributed by atoms with E-state index in [1.165, 1.54) is 6.07 Å². The van der Waals surface area contributed by atoms with Gasteiger partial charge >= 0.3 is 0 Å². The van der Waals surface area contributed by atoms with Gasteiger partial charge in [0.05, 0.1) is 12.6 Å². The molecule has 0 unspecified atom stereocenters. The molecule has 22 heavy (non-hydrogen) atoms. The highest BCUT2D eigenvalue weighted by Crippen LogP contribution is 2.08. The van der Waals surface area contributed by atoms with Crippen LogP contribution in [0.5, 0.6) is 0 Å². The molecule has 1 heterocycles. The highest BCUT2D eigenvalue weighted by atomic mass is 19.1. The molecule has 0 aliphatic carbocycles. The minimum atomic E-state index is -0.298. The molecule has 1 fully saturated rings. The van der Waals surface area contributed by atoms with Crippen molar-refractivity contribution >= 4 is 5.91 Å². The first-order valence-electron chi connectivity index (χ1n) is 7.70. The molecule has 1 aromatic rings. The summed E-state index contributed by atoms with van der Waals surface area (Å²) in [7, 11) is 0. The van der Waals surface area contributed by atoms with Crippen molar-refractivity contribution in [3.63, 3.8) is 0 Å². The fourth-order valence-corrected chi connectivity index (χ4v) is 2.65. The normalized spacial score (nSPS) is 18.1. The summed E-state index contributed by atoms with van der Waals surface area (Å²) in [5.74, 6) is -0.382. The average Bonchev–Trinajstić information content (AvgIpc) is 2.54. The fraction of sp³-hybridized carbons (Fsp3) is 0.562. The van der Waals surface area contributed by atoms with Crippen LogP contribution >= 0.6 is 0 Å². The Hall–Kier alpha value is -1.50. The van der Waals surface area contributed by atoms with Crippen LogP contribution in [0.3, 0.4) is 0 Å². The number of carbonyl (C=O) groups excluding carboxylic acids is 1. The lowest BCUT2D eigenvalue weighted by Crippen LogP contribution is -2.54. The van der Waals surface area contributed by atoms with Gasteiger partial charge in [-0.3, -0.25) is 14.6 Å². The van der Waals surface area contributed by atoms with E-state index in [0.717, 1.165) is 26.2 Å². The van der Waals surface area contributed by atoms with Crippen LogP contribution in [-0.2, 0) is 11.3 Å². The molecule has 5 nitrogen and oxygen atoms in total. The average molecular weight is 309 g/mol. The molecule has 0 aromatic heterocycles. The van der Waals surface area contributed by atoms with E-state index in [1.807, 2.05) is 6.92 Å². The summed E-state index contributed by atoms with van der Waals surface area (Å²) in [5.41, 5.74) is 0.496. The van der Waals surface area contributed by atoms with Gasteiger partial charge in [0.1, 0.15) is 5.82 Å². The topological polar surface area (TPSA) is 55.8 Å². The smallest absolute Gasteiger partial charge is 0.237 e. The second kappa shape index (κ2) is 8.22. The van der Waals surface area contributed by atoms with Crippen LogP contribution in [0.2, 0.25) is 0 Å². The van der Waals surface area contributed by atoms with Crippen LogP contribution in [0.15, 0.2) is 24.3 Å². The standard InChI is InChI=1S/C16H24FN3O2/c1-13(20-8-6-19(7-9-20)10-11-21)16(22)18-12-14-4-2-3-5-15(14)17/h2-5,13,21H,6-12H2,1H3,(H,18,22)/t13-/m1/s1. The zero-order chi connectivity index (χ0) is 15.9. The molecule has 1 aliphatic heterocycles. The van der Waals surface area contributed by atoms with Crippen LogP contribution in [-0.4, -0.2) is 66.2 Å². The molecule has 1 aromatic carbocycles. The molecule has 2 rings (SSSR count). The number of amides is 1. The second-order valence-electron chi connectivity index (χ2n) is 5.59. The van der Waals surface area contributed by atoms with Crippen LogP contribution in [0.25, 0.3) is 0 Å². The first-order valence-corrected chi connectivity index (χ1v) is 7.70. The lowest BCUT2D eigenvalue weighted by atomic mass is 10.2. The molecular formula is C16H24FN3O2. The van der Waals surface area contributed by atoms with Gasteiger partial charge in [0.15, 0.2) is 0 Å². The zero-order valence-corrected chi connectivity index (χ0v) is 13.0. The summed E-state index contributed by atoms with van der Waals surface area (Å²) in [6.45, 7) is 6.23. The van der Waals surface area contributed by atoms with Gasteiger partial charge in [0.25, 0.3) is 0 Å². The number of hydrogen-bond donors (Lipinski definition) is 2. The molecule has 0 bridgehead atoms.